The SMILES string of the molecule is CC(C)C#Cc1ccn(OC(=O)c2ccccc2)n1. The topological polar surface area (TPSA) is 44.1 Å². The van der Waals surface area contributed by atoms with E-state index in [2.05, 4.69) is 16.9 Å². The molecule has 1 aromatic heterocycles. The van der Waals surface area contributed by atoms with Crippen molar-refractivity contribution in [1.29, 1.82) is 0 Å². The van der Waals surface area contributed by atoms with Gasteiger partial charge in [-0.3, -0.25) is 0 Å². The second kappa shape index (κ2) is 5.87. The summed E-state index contributed by atoms with van der Waals surface area (Å²) in [4.78, 5) is 18.0. The maximum atomic E-state index is 11.8. The molecular formula is C15H14N2O2. The van der Waals surface area contributed by atoms with Gasteiger partial charge in [-0.15, -0.1) is 5.10 Å². The normalized spacial score (nSPS) is 9.84. The molecule has 0 amide bonds. The molecule has 1 heterocycles. The maximum Gasteiger partial charge on any atom is 0.365 e. The van der Waals surface area contributed by atoms with Gasteiger partial charge in [-0.1, -0.05) is 42.8 Å². The van der Waals surface area contributed by atoms with Crippen molar-refractivity contribution in [3.8, 4) is 11.8 Å². The fraction of sp³-hybridized carbons (Fsp3) is 0.200. The van der Waals surface area contributed by atoms with Crippen molar-refractivity contribution in [2.75, 3.05) is 0 Å². The highest BCUT2D eigenvalue weighted by atomic mass is 16.7. The van der Waals surface area contributed by atoms with Crippen LogP contribution in [0.5, 0.6) is 0 Å². The molecule has 0 spiro atoms. The number of carbonyl (C=O) groups is 1. The molecule has 96 valence electrons. The van der Waals surface area contributed by atoms with Crippen LogP contribution in [0.3, 0.4) is 0 Å². The summed E-state index contributed by atoms with van der Waals surface area (Å²) < 4.78 is 0. The van der Waals surface area contributed by atoms with Gasteiger partial charge in [0.15, 0.2) is 0 Å². The second-order valence-corrected chi connectivity index (χ2v) is 4.27. The van der Waals surface area contributed by atoms with Gasteiger partial charge in [-0.05, 0) is 24.1 Å². The third kappa shape index (κ3) is 3.71. The van der Waals surface area contributed by atoms with Crippen LogP contribution in [0.4, 0.5) is 0 Å². The number of hydrogen-bond acceptors (Lipinski definition) is 3. The molecule has 19 heavy (non-hydrogen) atoms. The van der Waals surface area contributed by atoms with Crippen molar-refractivity contribution in [3.05, 3.63) is 53.9 Å². The first-order chi connectivity index (χ1) is 9.15. The Morgan fingerprint density at radius 2 is 2.00 bits per heavy atom. The average molecular weight is 254 g/mol. The van der Waals surface area contributed by atoms with Gasteiger partial charge in [0.25, 0.3) is 0 Å². The summed E-state index contributed by atoms with van der Waals surface area (Å²) in [5, 5.41) is 4.05. The third-order valence-electron chi connectivity index (χ3n) is 2.24. The van der Waals surface area contributed by atoms with E-state index in [1.54, 1.807) is 36.5 Å². The van der Waals surface area contributed by atoms with E-state index in [9.17, 15) is 4.79 Å². The molecule has 4 heteroatoms. The quantitative estimate of drug-likeness (QED) is 0.771. The van der Waals surface area contributed by atoms with Crippen molar-refractivity contribution >= 4 is 5.97 Å². The minimum absolute atomic E-state index is 0.275. The monoisotopic (exact) mass is 254 g/mol. The summed E-state index contributed by atoms with van der Waals surface area (Å²) in [6.45, 7) is 4.00. The lowest BCUT2D eigenvalue weighted by Gasteiger charge is -2.01. The highest BCUT2D eigenvalue weighted by Crippen LogP contribution is 2.00. The van der Waals surface area contributed by atoms with Crippen LogP contribution in [-0.4, -0.2) is 15.9 Å². The zero-order valence-corrected chi connectivity index (χ0v) is 10.8. The minimum Gasteiger partial charge on any atom is -0.314 e. The molecule has 0 aliphatic heterocycles. The number of benzene rings is 1. The van der Waals surface area contributed by atoms with Crippen molar-refractivity contribution < 1.29 is 9.63 Å². The van der Waals surface area contributed by atoms with Crippen LogP contribution in [0.1, 0.15) is 29.9 Å². The smallest absolute Gasteiger partial charge is 0.314 e. The Hall–Kier alpha value is -2.54. The average Bonchev–Trinajstić information content (AvgIpc) is 2.85. The molecule has 0 bridgehead atoms. The minimum atomic E-state index is -0.452. The van der Waals surface area contributed by atoms with E-state index in [1.165, 1.54) is 0 Å². The van der Waals surface area contributed by atoms with Crippen LogP contribution in [-0.2, 0) is 0 Å². The van der Waals surface area contributed by atoms with Gasteiger partial charge in [0.2, 0.25) is 0 Å². The Morgan fingerprint density at radius 3 is 2.68 bits per heavy atom. The number of aromatic nitrogens is 2. The Morgan fingerprint density at radius 1 is 1.26 bits per heavy atom. The van der Waals surface area contributed by atoms with Crippen molar-refractivity contribution in [2.45, 2.75) is 13.8 Å². The summed E-state index contributed by atoms with van der Waals surface area (Å²) in [5.74, 6) is 5.72. The van der Waals surface area contributed by atoms with E-state index >= 15 is 0 Å². The molecule has 2 rings (SSSR count). The van der Waals surface area contributed by atoms with Gasteiger partial charge in [-0.2, -0.15) is 0 Å². The summed E-state index contributed by atoms with van der Waals surface area (Å²) in [7, 11) is 0. The molecule has 0 N–H and O–H groups in total. The zero-order chi connectivity index (χ0) is 13.7. The molecule has 0 aliphatic rings. The third-order valence-corrected chi connectivity index (χ3v) is 2.24. The van der Waals surface area contributed by atoms with Crippen LogP contribution in [0, 0.1) is 17.8 Å². The standard InChI is InChI=1S/C15H14N2O2/c1-12(2)8-9-14-10-11-17(16-14)19-15(18)13-6-4-3-5-7-13/h3-7,10-12H,1-2H3. The predicted molar refractivity (Wildman–Crippen MR) is 71.3 cm³/mol. The number of rotatable bonds is 2. The number of nitrogens with zero attached hydrogens (tertiary/aromatic N) is 2. The van der Waals surface area contributed by atoms with Gasteiger partial charge in [0, 0.05) is 5.92 Å². The van der Waals surface area contributed by atoms with Crippen LogP contribution >= 0.6 is 0 Å². The summed E-state index contributed by atoms with van der Waals surface area (Å²) >= 11 is 0. The zero-order valence-electron chi connectivity index (χ0n) is 10.8. The maximum absolute atomic E-state index is 11.8. The van der Waals surface area contributed by atoms with E-state index in [-0.39, 0.29) is 5.92 Å². The van der Waals surface area contributed by atoms with Crippen LogP contribution < -0.4 is 4.84 Å². The Balaban J connectivity index is 2.05. The van der Waals surface area contributed by atoms with E-state index in [0.29, 0.717) is 11.3 Å². The van der Waals surface area contributed by atoms with Gasteiger partial charge in [0.05, 0.1) is 11.8 Å². The first-order valence-corrected chi connectivity index (χ1v) is 6.00. The van der Waals surface area contributed by atoms with Gasteiger partial charge in [0.1, 0.15) is 5.69 Å². The molecule has 2 aromatic rings. The van der Waals surface area contributed by atoms with Crippen molar-refractivity contribution in [1.82, 2.24) is 9.94 Å². The molecule has 4 nitrogen and oxygen atoms in total. The van der Waals surface area contributed by atoms with E-state index < -0.39 is 5.97 Å². The molecule has 0 aliphatic carbocycles. The molecule has 0 unspecified atom stereocenters. The molecule has 0 fully saturated rings. The van der Waals surface area contributed by atoms with Crippen molar-refractivity contribution in [3.63, 3.8) is 0 Å². The Labute approximate surface area is 112 Å². The van der Waals surface area contributed by atoms with Gasteiger partial charge < -0.3 is 4.84 Å². The van der Waals surface area contributed by atoms with Crippen LogP contribution in [0.2, 0.25) is 0 Å². The van der Waals surface area contributed by atoms with Crippen LogP contribution in [0.15, 0.2) is 42.6 Å². The number of hydrogen-bond donors (Lipinski definition) is 0. The first-order valence-electron chi connectivity index (χ1n) is 6.00. The number of carbonyl (C=O) groups excluding carboxylic acids is 1. The van der Waals surface area contributed by atoms with Crippen molar-refractivity contribution in [2.24, 2.45) is 5.92 Å². The largest absolute Gasteiger partial charge is 0.365 e. The van der Waals surface area contributed by atoms with E-state index in [0.717, 1.165) is 4.85 Å². The second-order valence-electron chi connectivity index (χ2n) is 4.27. The fourth-order valence-electron chi connectivity index (χ4n) is 1.35. The molecule has 0 atom stereocenters. The van der Waals surface area contributed by atoms with Gasteiger partial charge >= 0.3 is 5.97 Å². The summed E-state index contributed by atoms with van der Waals surface area (Å²) in [6, 6.07) is 10.5. The Kier molecular flexibility index (Phi) is 3.99. The Bertz CT molecular complexity index is 618. The lowest BCUT2D eigenvalue weighted by molar-refractivity contribution is 0.0394. The lowest BCUT2D eigenvalue weighted by atomic mass is 10.2. The van der Waals surface area contributed by atoms with E-state index in [4.69, 9.17) is 4.84 Å². The summed E-state index contributed by atoms with van der Waals surface area (Å²) in [5.41, 5.74) is 1.06. The highest BCUT2D eigenvalue weighted by Gasteiger charge is 2.08. The van der Waals surface area contributed by atoms with Gasteiger partial charge in [-0.25, -0.2) is 4.79 Å². The fourth-order valence-corrected chi connectivity index (χ4v) is 1.35. The molecule has 0 saturated heterocycles. The molecule has 1 aromatic carbocycles. The van der Waals surface area contributed by atoms with Crippen LogP contribution in [0.25, 0.3) is 0 Å². The highest BCUT2D eigenvalue weighted by molar-refractivity contribution is 5.89. The predicted octanol–water partition coefficient (Wildman–Crippen LogP) is 2.16. The van der Waals surface area contributed by atoms with E-state index in [1.807, 2.05) is 19.9 Å². The lowest BCUT2D eigenvalue weighted by Crippen LogP contribution is -2.20. The summed E-state index contributed by atoms with van der Waals surface area (Å²) in [6.07, 6.45) is 1.56. The molecule has 0 saturated carbocycles. The molecule has 0 radical (unpaired) electrons. The molecular weight excluding hydrogens is 240 g/mol. The first kappa shape index (κ1) is 12.9.